The van der Waals surface area contributed by atoms with E-state index < -0.39 is 26.0 Å². The fourth-order valence-electron chi connectivity index (χ4n) is 3.20. The number of aromatic amines is 2. The number of phosphoric ester groups is 1. The van der Waals surface area contributed by atoms with Gasteiger partial charge in [0.15, 0.2) is 0 Å². The molecular formula is C17H23N2O7P. The first kappa shape index (κ1) is 19.9. The van der Waals surface area contributed by atoms with Crippen LogP contribution in [0.15, 0.2) is 18.3 Å². The van der Waals surface area contributed by atoms with E-state index in [0.717, 1.165) is 11.1 Å². The van der Waals surface area contributed by atoms with E-state index in [0.29, 0.717) is 11.4 Å². The van der Waals surface area contributed by atoms with Gasteiger partial charge >= 0.3 is 13.8 Å². The molecule has 0 spiro atoms. The van der Waals surface area contributed by atoms with Crippen molar-refractivity contribution in [3.63, 3.8) is 0 Å². The third-order valence-corrected chi connectivity index (χ3v) is 5.87. The Hall–Kier alpha value is -1.90. The highest BCUT2D eigenvalue weighted by molar-refractivity contribution is 7.48. The molecular weight excluding hydrogens is 375 g/mol. The lowest BCUT2D eigenvalue weighted by molar-refractivity contribution is -0.0282. The molecule has 2 aromatic rings. The molecule has 2 heterocycles. The van der Waals surface area contributed by atoms with Gasteiger partial charge in [-0.15, -0.1) is 0 Å². The molecule has 0 saturated heterocycles. The van der Waals surface area contributed by atoms with Gasteiger partial charge in [-0.05, 0) is 26.0 Å². The Bertz CT molecular complexity index is 849. The zero-order valence-electron chi connectivity index (χ0n) is 15.6. The third kappa shape index (κ3) is 3.61. The number of fused-ring (bicyclic) bond motifs is 3. The number of nitrogens with one attached hydrogen (secondary N) is 2. The van der Waals surface area contributed by atoms with Gasteiger partial charge in [0.2, 0.25) is 0 Å². The fraction of sp³-hybridized carbons (Fsp3) is 0.471. The molecule has 1 aliphatic rings. The number of H-pyrrole nitrogens is 2. The monoisotopic (exact) mass is 398 g/mol. The maximum Gasteiger partial charge on any atom is 0.475 e. The molecule has 148 valence electrons. The number of aromatic nitrogens is 2. The van der Waals surface area contributed by atoms with Crippen LogP contribution in [0.5, 0.6) is 0 Å². The first-order valence-electron chi connectivity index (χ1n) is 8.57. The summed E-state index contributed by atoms with van der Waals surface area (Å²) < 4.78 is 39.7. The lowest BCUT2D eigenvalue weighted by Crippen LogP contribution is -2.22. The molecule has 2 atom stereocenters. The van der Waals surface area contributed by atoms with Gasteiger partial charge in [-0.1, -0.05) is 0 Å². The number of methoxy groups -OCH3 is 2. The predicted molar refractivity (Wildman–Crippen MR) is 96.4 cm³/mol. The van der Waals surface area contributed by atoms with Crippen LogP contribution in [0.25, 0.3) is 11.1 Å². The number of hydrogen-bond acceptors (Lipinski definition) is 7. The minimum Gasteiger partial charge on any atom is -0.464 e. The van der Waals surface area contributed by atoms with Gasteiger partial charge in [0.25, 0.3) is 0 Å². The summed E-state index contributed by atoms with van der Waals surface area (Å²) in [5.74, 6) is -0.497. The van der Waals surface area contributed by atoms with Gasteiger partial charge in [0, 0.05) is 24.4 Å². The second kappa shape index (κ2) is 8.00. The minimum absolute atomic E-state index is 0.166. The van der Waals surface area contributed by atoms with E-state index in [4.69, 9.17) is 23.0 Å². The van der Waals surface area contributed by atoms with Crippen LogP contribution in [-0.2, 0) is 27.6 Å². The summed E-state index contributed by atoms with van der Waals surface area (Å²) in [4.78, 5) is 18.1. The molecule has 27 heavy (non-hydrogen) atoms. The first-order valence-corrected chi connectivity index (χ1v) is 10.0. The zero-order chi connectivity index (χ0) is 19.6. The molecule has 0 aromatic carbocycles. The summed E-state index contributed by atoms with van der Waals surface area (Å²) >= 11 is 0. The molecule has 0 bridgehead atoms. The van der Waals surface area contributed by atoms with Crippen molar-refractivity contribution in [2.75, 3.05) is 27.4 Å². The molecule has 3 rings (SSSR count). The highest BCUT2D eigenvalue weighted by Gasteiger charge is 2.43. The second-order valence-corrected chi connectivity index (χ2v) is 7.39. The van der Waals surface area contributed by atoms with Crippen LogP contribution in [0.1, 0.15) is 47.9 Å². The van der Waals surface area contributed by atoms with E-state index in [2.05, 4.69) is 9.97 Å². The third-order valence-electron chi connectivity index (χ3n) is 4.24. The van der Waals surface area contributed by atoms with Crippen LogP contribution in [0, 0.1) is 0 Å². The Morgan fingerprint density at radius 3 is 2.41 bits per heavy atom. The molecule has 0 fully saturated rings. The Kier molecular flexibility index (Phi) is 5.88. The van der Waals surface area contributed by atoms with E-state index in [1.54, 1.807) is 26.1 Å². The second-order valence-electron chi connectivity index (χ2n) is 5.77. The highest BCUT2D eigenvalue weighted by atomic mass is 31.2. The molecule has 2 N–H and O–H groups in total. The van der Waals surface area contributed by atoms with Gasteiger partial charge < -0.3 is 19.4 Å². The molecule has 0 saturated carbocycles. The quantitative estimate of drug-likeness (QED) is 0.515. The van der Waals surface area contributed by atoms with Crippen molar-refractivity contribution in [3.8, 4) is 11.1 Å². The smallest absolute Gasteiger partial charge is 0.464 e. The van der Waals surface area contributed by atoms with E-state index in [1.807, 2.05) is 6.07 Å². The van der Waals surface area contributed by atoms with E-state index in [1.165, 1.54) is 14.2 Å². The predicted octanol–water partition coefficient (Wildman–Crippen LogP) is 3.74. The van der Waals surface area contributed by atoms with Crippen molar-refractivity contribution < 1.29 is 32.4 Å². The van der Waals surface area contributed by atoms with Crippen molar-refractivity contribution in [2.45, 2.75) is 26.1 Å². The SMILES string of the molecule is CCOP(=O)(OCC)O[C@@H]1c2[nH]ccc2-c2cc(C(=O)OC)[nH]c2[C@@H]1OC. The largest absolute Gasteiger partial charge is 0.475 e. The Morgan fingerprint density at radius 2 is 1.81 bits per heavy atom. The van der Waals surface area contributed by atoms with Crippen LogP contribution in [0.2, 0.25) is 0 Å². The summed E-state index contributed by atoms with van der Waals surface area (Å²) in [5.41, 5.74) is 3.14. The highest BCUT2D eigenvalue weighted by Crippen LogP contribution is 2.58. The van der Waals surface area contributed by atoms with Gasteiger partial charge in [-0.2, -0.15) is 0 Å². The van der Waals surface area contributed by atoms with Crippen molar-refractivity contribution >= 4 is 13.8 Å². The fourth-order valence-corrected chi connectivity index (χ4v) is 4.52. The molecule has 10 heteroatoms. The van der Waals surface area contributed by atoms with Crippen LogP contribution in [-0.4, -0.2) is 43.4 Å². The average Bonchev–Trinajstić information content (AvgIpc) is 3.28. The number of esters is 1. The number of ether oxygens (including phenoxy) is 2. The molecule has 2 aromatic heterocycles. The van der Waals surface area contributed by atoms with E-state index in [-0.39, 0.29) is 18.9 Å². The summed E-state index contributed by atoms with van der Waals surface area (Å²) in [6.45, 7) is 3.74. The number of hydrogen-bond donors (Lipinski definition) is 2. The lowest BCUT2D eigenvalue weighted by atomic mass is 9.91. The molecule has 1 aliphatic carbocycles. The number of carbonyl (C=O) groups is 1. The Balaban J connectivity index is 2.05. The van der Waals surface area contributed by atoms with Crippen LogP contribution >= 0.6 is 7.82 Å². The molecule has 0 radical (unpaired) electrons. The summed E-state index contributed by atoms with van der Waals surface area (Å²) in [7, 11) is -0.992. The van der Waals surface area contributed by atoms with Crippen LogP contribution in [0.3, 0.4) is 0 Å². The van der Waals surface area contributed by atoms with Crippen molar-refractivity contribution in [2.24, 2.45) is 0 Å². The lowest BCUT2D eigenvalue weighted by Gasteiger charge is -2.32. The topological polar surface area (TPSA) is 112 Å². The summed E-state index contributed by atoms with van der Waals surface area (Å²) in [6.07, 6.45) is 0.277. The van der Waals surface area contributed by atoms with Gasteiger partial charge in [0.05, 0.1) is 31.7 Å². The number of carbonyl (C=O) groups excluding carboxylic acids is 1. The van der Waals surface area contributed by atoms with Crippen LogP contribution in [0.4, 0.5) is 0 Å². The summed E-state index contributed by atoms with van der Waals surface area (Å²) in [5, 5.41) is 0. The van der Waals surface area contributed by atoms with E-state index >= 15 is 0 Å². The van der Waals surface area contributed by atoms with Crippen molar-refractivity contribution in [1.29, 1.82) is 0 Å². The van der Waals surface area contributed by atoms with E-state index in [9.17, 15) is 9.36 Å². The van der Waals surface area contributed by atoms with Gasteiger partial charge in [0.1, 0.15) is 17.9 Å². The van der Waals surface area contributed by atoms with Crippen LogP contribution < -0.4 is 0 Å². The average molecular weight is 398 g/mol. The van der Waals surface area contributed by atoms with Gasteiger partial charge in [-0.3, -0.25) is 13.6 Å². The van der Waals surface area contributed by atoms with Gasteiger partial charge in [-0.25, -0.2) is 9.36 Å². The molecule has 9 nitrogen and oxygen atoms in total. The molecule has 0 aliphatic heterocycles. The minimum atomic E-state index is -3.81. The number of phosphoric acid groups is 1. The Morgan fingerprint density at radius 1 is 1.11 bits per heavy atom. The maximum atomic E-state index is 12.9. The zero-order valence-corrected chi connectivity index (χ0v) is 16.5. The standard InChI is InChI=1S/C17H23N2O7P/c1-5-24-27(21,25-6-2)26-16-13-10(7-8-18-13)11-9-12(17(20)23-4)19-14(11)15(16)22-3/h7-9,15-16,18-19H,5-6H2,1-4H3/t15-,16+/m0/s1. The van der Waals surface area contributed by atoms with Crippen molar-refractivity contribution in [1.82, 2.24) is 9.97 Å². The molecule has 0 unspecified atom stereocenters. The molecule has 0 amide bonds. The number of rotatable bonds is 8. The normalized spacial score (nSPS) is 18.8. The summed E-state index contributed by atoms with van der Waals surface area (Å²) in [6, 6.07) is 3.54. The Labute approximate surface area is 156 Å². The first-order chi connectivity index (χ1) is 13.0. The maximum absolute atomic E-state index is 12.9. The van der Waals surface area contributed by atoms with Crippen molar-refractivity contribution in [3.05, 3.63) is 35.4 Å².